The first-order chi connectivity index (χ1) is 10.1. The smallest absolute Gasteiger partial charge is 0.157 e. The molecule has 21 heavy (non-hydrogen) atoms. The van der Waals surface area contributed by atoms with E-state index >= 15 is 0 Å². The van der Waals surface area contributed by atoms with Gasteiger partial charge in [0.05, 0.1) is 10.7 Å². The molecule has 3 aromatic rings. The molecule has 0 unspecified atom stereocenters. The Labute approximate surface area is 124 Å². The molecule has 0 aliphatic rings. The van der Waals surface area contributed by atoms with E-state index in [0.717, 1.165) is 0 Å². The number of aryl methyl sites for hydroxylation is 1. The summed E-state index contributed by atoms with van der Waals surface area (Å²) in [6.45, 7) is 3.67. The van der Waals surface area contributed by atoms with E-state index in [1.165, 1.54) is 18.5 Å². The van der Waals surface area contributed by atoms with Gasteiger partial charge >= 0.3 is 0 Å². The second-order valence-corrected chi connectivity index (χ2v) is 4.90. The standard InChI is InChI=1S/C12H11ClFN7/c1-7(20-6-15-18-19-20)12-16-8(2)17-21(12)9-3-4-11(14)10(13)5-9/h3-7H,1-2H3/t7-/m0/s1. The number of rotatable bonds is 3. The number of hydrogen-bond acceptors (Lipinski definition) is 5. The molecular formula is C12H11ClFN7. The van der Waals surface area contributed by atoms with Gasteiger partial charge in [-0.25, -0.2) is 18.7 Å². The number of halogens is 2. The second-order valence-electron chi connectivity index (χ2n) is 4.49. The largest absolute Gasteiger partial charge is 0.222 e. The molecule has 1 aromatic carbocycles. The van der Waals surface area contributed by atoms with Crippen LogP contribution in [0.1, 0.15) is 24.6 Å². The van der Waals surface area contributed by atoms with Crippen molar-refractivity contribution in [2.75, 3.05) is 0 Å². The summed E-state index contributed by atoms with van der Waals surface area (Å²) >= 11 is 5.83. The molecule has 0 saturated heterocycles. The molecule has 0 aliphatic carbocycles. The van der Waals surface area contributed by atoms with Crippen molar-refractivity contribution < 1.29 is 4.39 Å². The molecule has 0 fully saturated rings. The fourth-order valence-corrected chi connectivity index (χ4v) is 2.15. The fourth-order valence-electron chi connectivity index (χ4n) is 1.97. The Morgan fingerprint density at radius 1 is 1.33 bits per heavy atom. The van der Waals surface area contributed by atoms with Gasteiger partial charge in [0.2, 0.25) is 0 Å². The molecule has 2 heterocycles. The van der Waals surface area contributed by atoms with Crippen LogP contribution in [0.5, 0.6) is 0 Å². The van der Waals surface area contributed by atoms with E-state index < -0.39 is 5.82 Å². The van der Waals surface area contributed by atoms with Crippen LogP contribution in [0.15, 0.2) is 24.5 Å². The van der Waals surface area contributed by atoms with Gasteiger partial charge in [-0.15, -0.1) is 5.10 Å². The molecule has 0 radical (unpaired) electrons. The number of tetrazole rings is 1. The van der Waals surface area contributed by atoms with E-state index in [2.05, 4.69) is 25.6 Å². The Hall–Kier alpha value is -2.35. The van der Waals surface area contributed by atoms with Gasteiger partial charge < -0.3 is 0 Å². The van der Waals surface area contributed by atoms with E-state index in [4.69, 9.17) is 11.6 Å². The molecule has 7 nitrogen and oxygen atoms in total. The van der Waals surface area contributed by atoms with Crippen LogP contribution < -0.4 is 0 Å². The van der Waals surface area contributed by atoms with Crippen LogP contribution in [0.4, 0.5) is 4.39 Å². The predicted octanol–water partition coefficient (Wildman–Crippen LogP) is 1.96. The summed E-state index contributed by atoms with van der Waals surface area (Å²) in [7, 11) is 0. The third-order valence-corrected chi connectivity index (χ3v) is 3.31. The van der Waals surface area contributed by atoms with Gasteiger partial charge in [-0.2, -0.15) is 5.10 Å². The van der Waals surface area contributed by atoms with Crippen molar-refractivity contribution in [2.24, 2.45) is 0 Å². The molecule has 0 amide bonds. The highest BCUT2D eigenvalue weighted by atomic mass is 35.5. The first-order valence-corrected chi connectivity index (χ1v) is 6.55. The van der Waals surface area contributed by atoms with Gasteiger partial charge in [0.15, 0.2) is 5.82 Å². The van der Waals surface area contributed by atoms with Crippen molar-refractivity contribution in [3.8, 4) is 5.69 Å². The van der Waals surface area contributed by atoms with Crippen LogP contribution >= 0.6 is 11.6 Å². The number of benzene rings is 1. The van der Waals surface area contributed by atoms with Crippen LogP contribution in [0, 0.1) is 12.7 Å². The Morgan fingerprint density at radius 3 is 2.81 bits per heavy atom. The normalized spacial score (nSPS) is 12.6. The monoisotopic (exact) mass is 307 g/mol. The topological polar surface area (TPSA) is 74.3 Å². The van der Waals surface area contributed by atoms with Crippen LogP contribution in [-0.4, -0.2) is 35.0 Å². The third kappa shape index (κ3) is 2.49. The molecular weight excluding hydrogens is 297 g/mol. The molecule has 9 heteroatoms. The van der Waals surface area contributed by atoms with Crippen molar-refractivity contribution in [3.63, 3.8) is 0 Å². The van der Waals surface area contributed by atoms with E-state index in [1.807, 2.05) is 6.92 Å². The minimum Gasteiger partial charge on any atom is -0.222 e. The van der Waals surface area contributed by atoms with Crippen LogP contribution in [0.2, 0.25) is 5.02 Å². The van der Waals surface area contributed by atoms with E-state index in [0.29, 0.717) is 17.3 Å². The van der Waals surface area contributed by atoms with Gasteiger partial charge in [-0.1, -0.05) is 11.6 Å². The average Bonchev–Trinajstić information content (AvgIpc) is 3.10. The Bertz CT molecular complexity index is 768. The summed E-state index contributed by atoms with van der Waals surface area (Å²) in [5.41, 5.74) is 0.622. The van der Waals surface area contributed by atoms with Gasteiger partial charge in [0, 0.05) is 0 Å². The molecule has 1 atom stereocenters. The van der Waals surface area contributed by atoms with Crippen molar-refractivity contribution in [3.05, 3.63) is 47.0 Å². The summed E-state index contributed by atoms with van der Waals surface area (Å²) in [5.74, 6) is 0.736. The van der Waals surface area contributed by atoms with E-state index in [9.17, 15) is 4.39 Å². The highest BCUT2D eigenvalue weighted by Crippen LogP contribution is 2.22. The lowest BCUT2D eigenvalue weighted by atomic mass is 10.3. The Balaban J connectivity index is 2.09. The molecule has 0 N–H and O–H groups in total. The molecule has 0 saturated carbocycles. The second kappa shape index (κ2) is 5.21. The van der Waals surface area contributed by atoms with Gasteiger partial charge in [0.1, 0.15) is 24.0 Å². The summed E-state index contributed by atoms with van der Waals surface area (Å²) in [6.07, 6.45) is 1.50. The van der Waals surface area contributed by atoms with Crippen LogP contribution in [0.3, 0.4) is 0 Å². The molecule has 0 bridgehead atoms. The van der Waals surface area contributed by atoms with E-state index in [1.54, 1.807) is 22.4 Å². The zero-order chi connectivity index (χ0) is 15.0. The lowest BCUT2D eigenvalue weighted by molar-refractivity contribution is 0.507. The summed E-state index contributed by atoms with van der Waals surface area (Å²) in [5, 5.41) is 15.4. The maximum absolute atomic E-state index is 13.3. The van der Waals surface area contributed by atoms with Crippen LogP contribution in [-0.2, 0) is 0 Å². The van der Waals surface area contributed by atoms with Crippen molar-refractivity contribution in [1.29, 1.82) is 0 Å². The number of nitrogens with zero attached hydrogens (tertiary/aromatic N) is 7. The van der Waals surface area contributed by atoms with Crippen LogP contribution in [0.25, 0.3) is 5.69 Å². The fraction of sp³-hybridized carbons (Fsp3) is 0.250. The highest BCUT2D eigenvalue weighted by molar-refractivity contribution is 6.30. The summed E-state index contributed by atoms with van der Waals surface area (Å²) < 4.78 is 16.5. The predicted molar refractivity (Wildman–Crippen MR) is 72.7 cm³/mol. The molecule has 108 valence electrons. The third-order valence-electron chi connectivity index (χ3n) is 3.02. The zero-order valence-corrected chi connectivity index (χ0v) is 12.0. The molecule has 0 spiro atoms. The van der Waals surface area contributed by atoms with Gasteiger partial charge in [-0.3, -0.25) is 0 Å². The summed E-state index contributed by atoms with van der Waals surface area (Å²) in [4.78, 5) is 4.39. The van der Waals surface area contributed by atoms with Crippen molar-refractivity contribution >= 4 is 11.6 Å². The summed E-state index contributed by atoms with van der Waals surface area (Å²) in [6, 6.07) is 4.15. The minimum atomic E-state index is -0.479. The maximum atomic E-state index is 13.3. The first kappa shape index (κ1) is 13.6. The molecule has 2 aromatic heterocycles. The number of aromatic nitrogens is 7. The van der Waals surface area contributed by atoms with Crippen molar-refractivity contribution in [2.45, 2.75) is 19.9 Å². The van der Waals surface area contributed by atoms with Gasteiger partial charge in [0.25, 0.3) is 0 Å². The Kier molecular flexibility index (Phi) is 3.38. The minimum absolute atomic E-state index is 0.0293. The lowest BCUT2D eigenvalue weighted by Gasteiger charge is -2.12. The lowest BCUT2D eigenvalue weighted by Crippen LogP contribution is -2.14. The quantitative estimate of drug-likeness (QED) is 0.739. The van der Waals surface area contributed by atoms with E-state index in [-0.39, 0.29) is 11.1 Å². The highest BCUT2D eigenvalue weighted by Gasteiger charge is 2.19. The average molecular weight is 308 g/mol. The zero-order valence-electron chi connectivity index (χ0n) is 11.3. The number of hydrogen-bond donors (Lipinski definition) is 0. The molecule has 0 aliphatic heterocycles. The SMILES string of the molecule is Cc1nc([C@H](C)n2cnnn2)n(-c2ccc(F)c(Cl)c2)n1. The molecule has 3 rings (SSSR count). The Morgan fingerprint density at radius 2 is 2.14 bits per heavy atom. The van der Waals surface area contributed by atoms with Gasteiger partial charge in [-0.05, 0) is 42.5 Å². The van der Waals surface area contributed by atoms with Crippen molar-refractivity contribution in [1.82, 2.24) is 35.0 Å². The first-order valence-electron chi connectivity index (χ1n) is 6.17. The maximum Gasteiger partial charge on any atom is 0.157 e.